The van der Waals surface area contributed by atoms with Gasteiger partial charge in [-0.05, 0) is 115 Å². The van der Waals surface area contributed by atoms with E-state index in [4.69, 9.17) is 9.15 Å². The lowest BCUT2D eigenvalue weighted by atomic mass is 9.80. The summed E-state index contributed by atoms with van der Waals surface area (Å²) in [5, 5.41) is 7.20. The highest BCUT2D eigenvalue weighted by Crippen LogP contribution is 2.56. The van der Waals surface area contributed by atoms with Crippen LogP contribution >= 0.6 is 0 Å². The van der Waals surface area contributed by atoms with E-state index in [1.165, 1.54) is 71.6 Å². The summed E-state index contributed by atoms with van der Waals surface area (Å²) in [5.41, 5.74) is 14.2. The third-order valence-corrected chi connectivity index (χ3v) is 11.0. The number of ether oxygens (including phenoxy) is 1. The predicted octanol–water partition coefficient (Wildman–Crippen LogP) is 13.3. The van der Waals surface area contributed by atoms with Crippen molar-refractivity contribution in [3.8, 4) is 56.0 Å². The second-order valence-electron chi connectivity index (χ2n) is 14.1. The lowest BCUT2D eigenvalue weighted by Crippen LogP contribution is -2.15. The van der Waals surface area contributed by atoms with Crippen molar-refractivity contribution in [1.29, 1.82) is 0 Å². The Hall–Kier alpha value is -6.12. The van der Waals surface area contributed by atoms with Crippen molar-refractivity contribution in [1.82, 2.24) is 0 Å². The fourth-order valence-corrected chi connectivity index (χ4v) is 8.65. The average Bonchev–Trinajstić information content (AvgIpc) is 3.62. The quantitative estimate of drug-likeness (QED) is 0.190. The van der Waals surface area contributed by atoms with Crippen LogP contribution in [0.25, 0.3) is 88.0 Å². The fourth-order valence-electron chi connectivity index (χ4n) is 8.65. The van der Waals surface area contributed by atoms with Crippen LogP contribution in [0.15, 0.2) is 150 Å². The maximum atomic E-state index is 6.42. The second kappa shape index (κ2) is 9.49. The average molecular weight is 627 g/mol. The Labute approximate surface area is 283 Å². The summed E-state index contributed by atoms with van der Waals surface area (Å²) in [7, 11) is 0. The molecule has 0 amide bonds. The highest BCUT2D eigenvalue weighted by molar-refractivity contribution is 6.11. The predicted molar refractivity (Wildman–Crippen MR) is 203 cm³/mol. The van der Waals surface area contributed by atoms with E-state index in [2.05, 4.69) is 153 Å². The van der Waals surface area contributed by atoms with Gasteiger partial charge in [-0.1, -0.05) is 111 Å². The van der Waals surface area contributed by atoms with E-state index in [1.807, 2.05) is 6.07 Å². The van der Waals surface area contributed by atoms with Crippen molar-refractivity contribution in [2.45, 2.75) is 19.3 Å². The van der Waals surface area contributed by atoms with E-state index in [0.29, 0.717) is 0 Å². The molecule has 1 aliphatic heterocycles. The third-order valence-electron chi connectivity index (χ3n) is 11.0. The Balaban J connectivity index is 1.11. The van der Waals surface area contributed by atoms with Crippen LogP contribution in [0.4, 0.5) is 0 Å². The number of hydrogen-bond donors (Lipinski definition) is 0. The number of para-hydroxylation sites is 1. The Morgan fingerprint density at radius 2 is 1.16 bits per heavy atom. The summed E-state index contributed by atoms with van der Waals surface area (Å²) in [6.07, 6.45) is 0. The van der Waals surface area contributed by atoms with Gasteiger partial charge < -0.3 is 9.15 Å². The fraction of sp³-hybridized carbons (Fsp3) is 0.0638. The molecule has 0 saturated carbocycles. The topological polar surface area (TPSA) is 22.4 Å². The van der Waals surface area contributed by atoms with Gasteiger partial charge in [0.1, 0.15) is 22.7 Å². The van der Waals surface area contributed by atoms with E-state index in [0.717, 1.165) is 39.0 Å². The number of hydrogen-bond acceptors (Lipinski definition) is 2. The van der Waals surface area contributed by atoms with Gasteiger partial charge in [-0.3, -0.25) is 0 Å². The highest BCUT2D eigenvalue weighted by atomic mass is 16.5. The van der Waals surface area contributed by atoms with Crippen molar-refractivity contribution in [3.05, 3.63) is 157 Å². The number of benzene rings is 8. The highest BCUT2D eigenvalue weighted by Gasteiger charge is 2.38. The van der Waals surface area contributed by atoms with Crippen molar-refractivity contribution < 1.29 is 9.15 Å². The van der Waals surface area contributed by atoms with Gasteiger partial charge >= 0.3 is 0 Å². The molecule has 2 nitrogen and oxygen atoms in total. The van der Waals surface area contributed by atoms with E-state index < -0.39 is 0 Å². The maximum absolute atomic E-state index is 6.42. The van der Waals surface area contributed by atoms with Crippen molar-refractivity contribution in [2.24, 2.45) is 0 Å². The normalized spacial score (nSPS) is 13.8. The summed E-state index contributed by atoms with van der Waals surface area (Å²) in [5.74, 6) is 1.83. The molecule has 0 atom stereocenters. The zero-order chi connectivity index (χ0) is 32.4. The Bertz CT molecular complexity index is 2880. The molecule has 11 rings (SSSR count). The molecule has 2 aliphatic rings. The van der Waals surface area contributed by atoms with E-state index in [9.17, 15) is 0 Å². The van der Waals surface area contributed by atoms with Crippen molar-refractivity contribution >= 4 is 43.5 Å². The van der Waals surface area contributed by atoms with Crippen LogP contribution in [-0.2, 0) is 5.41 Å². The number of rotatable bonds is 2. The van der Waals surface area contributed by atoms with Crippen molar-refractivity contribution in [2.75, 3.05) is 0 Å². The van der Waals surface area contributed by atoms with Gasteiger partial charge in [0.2, 0.25) is 0 Å². The van der Waals surface area contributed by atoms with Gasteiger partial charge in [0, 0.05) is 27.1 Å². The number of furan rings is 1. The molecule has 0 fully saturated rings. The van der Waals surface area contributed by atoms with Crippen LogP contribution in [0.5, 0.6) is 11.5 Å². The molecule has 0 bridgehead atoms. The molecule has 2 heterocycles. The molecule has 8 aromatic carbocycles. The van der Waals surface area contributed by atoms with Gasteiger partial charge in [0.05, 0.1) is 0 Å². The molecular formula is C47H30O2. The van der Waals surface area contributed by atoms with E-state index in [-0.39, 0.29) is 5.41 Å². The smallest absolute Gasteiger partial charge is 0.136 e. The Morgan fingerprint density at radius 1 is 0.429 bits per heavy atom. The van der Waals surface area contributed by atoms with Crippen LogP contribution in [0, 0.1) is 0 Å². The first-order valence-corrected chi connectivity index (χ1v) is 17.0. The molecule has 1 aliphatic carbocycles. The standard InChI is InChI=1S/C47H30O2/c1-47(2)38-24-29(28-19-22-41-37(23-28)35-14-7-10-27-11-8-16-42(48-41)44(27)35)17-21-36(38)46-39(47)25-30-9-3-4-12-32(30)45(46)31-18-20-34-33-13-5-6-15-40(33)49-43(34)26-31/h3-26H,1-2H3. The van der Waals surface area contributed by atoms with Gasteiger partial charge in [0.25, 0.3) is 0 Å². The summed E-state index contributed by atoms with van der Waals surface area (Å²) in [6, 6.07) is 52.8. The second-order valence-corrected chi connectivity index (χ2v) is 14.1. The maximum Gasteiger partial charge on any atom is 0.136 e. The van der Waals surface area contributed by atoms with Gasteiger partial charge in [-0.2, -0.15) is 0 Å². The first-order valence-electron chi connectivity index (χ1n) is 17.0. The van der Waals surface area contributed by atoms with Gasteiger partial charge in [-0.15, -0.1) is 0 Å². The minimum atomic E-state index is -0.190. The molecule has 0 unspecified atom stereocenters. The summed E-state index contributed by atoms with van der Waals surface area (Å²) in [6.45, 7) is 4.75. The first-order chi connectivity index (χ1) is 24.0. The Kier molecular flexibility index (Phi) is 5.21. The summed E-state index contributed by atoms with van der Waals surface area (Å²) in [4.78, 5) is 0. The monoisotopic (exact) mass is 626 g/mol. The molecule has 230 valence electrons. The SMILES string of the molecule is CC1(C)c2cc(-c3ccc4c(c3)-c3cccc5cccc(c35)O4)ccc2-c2c1cc1ccccc1c2-c1ccc2c(c1)oc1ccccc12. The zero-order valence-electron chi connectivity index (χ0n) is 27.2. The third kappa shape index (κ3) is 3.66. The lowest BCUT2D eigenvalue weighted by Gasteiger charge is -2.24. The minimum absolute atomic E-state index is 0.190. The molecule has 1 aromatic heterocycles. The van der Waals surface area contributed by atoms with Crippen LogP contribution in [0.1, 0.15) is 25.0 Å². The largest absolute Gasteiger partial charge is 0.456 e. The van der Waals surface area contributed by atoms with E-state index in [1.54, 1.807) is 0 Å². The number of fused-ring (bicyclic) bond motifs is 9. The van der Waals surface area contributed by atoms with Gasteiger partial charge in [-0.25, -0.2) is 0 Å². The summed E-state index contributed by atoms with van der Waals surface area (Å²) >= 11 is 0. The summed E-state index contributed by atoms with van der Waals surface area (Å²) < 4.78 is 12.8. The molecule has 2 heteroatoms. The first kappa shape index (κ1) is 26.9. The van der Waals surface area contributed by atoms with Crippen LogP contribution in [-0.4, -0.2) is 0 Å². The Morgan fingerprint density at radius 3 is 2.08 bits per heavy atom. The van der Waals surface area contributed by atoms with Crippen LogP contribution < -0.4 is 4.74 Å². The van der Waals surface area contributed by atoms with Crippen LogP contribution in [0.2, 0.25) is 0 Å². The van der Waals surface area contributed by atoms with Gasteiger partial charge in [0.15, 0.2) is 0 Å². The lowest BCUT2D eigenvalue weighted by molar-refractivity contribution is 0.487. The van der Waals surface area contributed by atoms with E-state index >= 15 is 0 Å². The van der Waals surface area contributed by atoms with Crippen molar-refractivity contribution in [3.63, 3.8) is 0 Å². The molecule has 0 saturated heterocycles. The molecule has 0 spiro atoms. The molecular weight excluding hydrogens is 597 g/mol. The molecule has 0 N–H and O–H groups in total. The molecule has 49 heavy (non-hydrogen) atoms. The van der Waals surface area contributed by atoms with Crippen LogP contribution in [0.3, 0.4) is 0 Å². The molecule has 0 radical (unpaired) electrons. The molecule has 9 aromatic rings. The zero-order valence-corrected chi connectivity index (χ0v) is 27.2. The minimum Gasteiger partial charge on any atom is -0.456 e.